The molecule has 0 radical (unpaired) electrons. The van der Waals surface area contributed by atoms with Gasteiger partial charge in [-0.15, -0.1) is 0 Å². The van der Waals surface area contributed by atoms with E-state index in [4.69, 9.17) is 14.2 Å². The molecule has 0 aromatic carbocycles. The molecule has 1 atom stereocenters. The zero-order chi connectivity index (χ0) is 51.4. The highest BCUT2D eigenvalue weighted by Crippen LogP contribution is 2.17. The SMILES string of the molecule is CC/C=C\C/C=C\C/C=C\CCCCCCCCCC(=O)OC(COC(=O)CCCCCCCCC/C=C\CCCCCCCC)COC(=O)CCCCCCCCCCCCCCCCCCCCC. The Morgan fingerprint density at radius 3 is 0.873 bits per heavy atom. The second-order valence-corrected chi connectivity index (χ2v) is 20.9. The molecule has 0 N–H and O–H groups in total. The zero-order valence-corrected chi connectivity index (χ0v) is 47.5. The molecule has 0 heterocycles. The number of hydrogen-bond donors (Lipinski definition) is 0. The molecule has 0 fully saturated rings. The summed E-state index contributed by atoms with van der Waals surface area (Å²) < 4.78 is 16.9. The van der Waals surface area contributed by atoms with Gasteiger partial charge in [0.1, 0.15) is 13.2 Å². The number of hydrogen-bond acceptors (Lipinski definition) is 6. The summed E-state index contributed by atoms with van der Waals surface area (Å²) >= 11 is 0. The van der Waals surface area contributed by atoms with Gasteiger partial charge in [0.25, 0.3) is 0 Å². The van der Waals surface area contributed by atoms with E-state index in [0.717, 1.165) is 83.5 Å². The maximum atomic E-state index is 12.9. The summed E-state index contributed by atoms with van der Waals surface area (Å²) in [4.78, 5) is 38.3. The number of carbonyl (C=O) groups excluding carboxylic acids is 3. The van der Waals surface area contributed by atoms with E-state index >= 15 is 0 Å². The lowest BCUT2D eigenvalue weighted by atomic mass is 10.0. The molecule has 414 valence electrons. The van der Waals surface area contributed by atoms with E-state index in [0.29, 0.717) is 19.3 Å². The van der Waals surface area contributed by atoms with Crippen molar-refractivity contribution in [3.05, 3.63) is 48.6 Å². The van der Waals surface area contributed by atoms with E-state index in [1.165, 1.54) is 205 Å². The van der Waals surface area contributed by atoms with Crippen molar-refractivity contribution in [2.75, 3.05) is 13.2 Å². The van der Waals surface area contributed by atoms with E-state index < -0.39 is 6.10 Å². The Bertz CT molecular complexity index is 1230. The molecule has 0 spiro atoms. The highest BCUT2D eigenvalue weighted by molar-refractivity contribution is 5.71. The topological polar surface area (TPSA) is 78.9 Å². The molecule has 0 aromatic heterocycles. The molecule has 0 saturated heterocycles. The van der Waals surface area contributed by atoms with Crippen molar-refractivity contribution >= 4 is 17.9 Å². The van der Waals surface area contributed by atoms with Gasteiger partial charge in [-0.3, -0.25) is 14.4 Å². The molecule has 6 nitrogen and oxygen atoms in total. The van der Waals surface area contributed by atoms with Gasteiger partial charge in [0, 0.05) is 19.3 Å². The third-order valence-electron chi connectivity index (χ3n) is 13.8. The molecule has 1 unspecified atom stereocenters. The Hall–Kier alpha value is -2.63. The quantitative estimate of drug-likeness (QED) is 0.0261. The summed E-state index contributed by atoms with van der Waals surface area (Å²) in [5, 5.41) is 0. The van der Waals surface area contributed by atoms with Gasteiger partial charge in [0.15, 0.2) is 6.10 Å². The van der Waals surface area contributed by atoms with Gasteiger partial charge in [-0.25, -0.2) is 0 Å². The summed E-state index contributed by atoms with van der Waals surface area (Å²) in [6.45, 7) is 6.57. The molecule has 0 aliphatic heterocycles. The maximum absolute atomic E-state index is 12.9. The van der Waals surface area contributed by atoms with Crippen LogP contribution in [-0.4, -0.2) is 37.2 Å². The Morgan fingerprint density at radius 2 is 0.549 bits per heavy atom. The fraction of sp³-hybridized carbons (Fsp3) is 0.831. The highest BCUT2D eigenvalue weighted by Gasteiger charge is 2.19. The van der Waals surface area contributed by atoms with Crippen LogP contribution < -0.4 is 0 Å². The number of rotatable bonds is 57. The number of esters is 3. The van der Waals surface area contributed by atoms with Crippen molar-refractivity contribution in [3.63, 3.8) is 0 Å². The number of carbonyl (C=O) groups is 3. The summed E-state index contributed by atoms with van der Waals surface area (Å²) in [7, 11) is 0. The van der Waals surface area contributed by atoms with Gasteiger partial charge in [-0.2, -0.15) is 0 Å². The van der Waals surface area contributed by atoms with Crippen LogP contribution in [-0.2, 0) is 28.6 Å². The van der Waals surface area contributed by atoms with Gasteiger partial charge in [0.2, 0.25) is 0 Å². The van der Waals surface area contributed by atoms with Gasteiger partial charge >= 0.3 is 17.9 Å². The van der Waals surface area contributed by atoms with Crippen molar-refractivity contribution in [1.29, 1.82) is 0 Å². The van der Waals surface area contributed by atoms with Crippen LogP contribution in [0.5, 0.6) is 0 Å². The van der Waals surface area contributed by atoms with Gasteiger partial charge in [0.05, 0.1) is 0 Å². The van der Waals surface area contributed by atoms with Crippen LogP contribution in [0.1, 0.15) is 329 Å². The molecule has 0 bridgehead atoms. The third kappa shape index (κ3) is 58.1. The van der Waals surface area contributed by atoms with E-state index in [1.54, 1.807) is 0 Å². The second kappa shape index (κ2) is 59.9. The van der Waals surface area contributed by atoms with Gasteiger partial charge in [-0.1, -0.05) is 281 Å². The second-order valence-electron chi connectivity index (χ2n) is 20.9. The molecule has 0 rings (SSSR count). The minimum absolute atomic E-state index is 0.0750. The standard InChI is InChI=1S/C65H118O6/c1-4-7-10-13-16-19-22-25-28-31-32-35-37-40-43-46-49-52-55-58-64(67)70-61-62(71-65(68)59-56-53-50-47-44-41-38-34-30-27-24-21-18-15-12-9-6-3)60-69-63(66)57-54-51-48-45-42-39-36-33-29-26-23-20-17-14-11-8-5-2/h9,12,18,21,26-27,29-30,62H,4-8,10-11,13-17,19-20,22-25,28,31-61H2,1-3H3/b12-9-,21-18-,29-26-,30-27-. The lowest BCUT2D eigenvalue weighted by Crippen LogP contribution is -2.30. The van der Waals surface area contributed by atoms with Crippen LogP contribution >= 0.6 is 0 Å². The molecular formula is C65H118O6. The third-order valence-corrected chi connectivity index (χ3v) is 13.8. The molecular weight excluding hydrogens is 877 g/mol. The first-order valence-corrected chi connectivity index (χ1v) is 31.1. The van der Waals surface area contributed by atoms with Gasteiger partial charge in [-0.05, 0) is 77.0 Å². The van der Waals surface area contributed by atoms with E-state index in [2.05, 4.69) is 69.4 Å². The van der Waals surface area contributed by atoms with Crippen LogP contribution in [0.2, 0.25) is 0 Å². The maximum Gasteiger partial charge on any atom is 0.306 e. The first-order valence-electron chi connectivity index (χ1n) is 31.1. The predicted molar refractivity (Wildman–Crippen MR) is 307 cm³/mol. The average Bonchev–Trinajstić information content (AvgIpc) is 3.37. The molecule has 71 heavy (non-hydrogen) atoms. The zero-order valence-electron chi connectivity index (χ0n) is 47.5. The predicted octanol–water partition coefficient (Wildman–Crippen LogP) is 21.0. The Labute approximate surface area is 441 Å². The number of unbranched alkanes of at least 4 members (excludes halogenated alkanes) is 38. The summed E-state index contributed by atoms with van der Waals surface area (Å²) in [5.74, 6) is -0.869. The van der Waals surface area contributed by atoms with Crippen molar-refractivity contribution < 1.29 is 28.6 Å². The van der Waals surface area contributed by atoms with E-state index in [-0.39, 0.29) is 31.1 Å². The fourth-order valence-electron chi connectivity index (χ4n) is 9.16. The average molecular weight is 996 g/mol. The monoisotopic (exact) mass is 995 g/mol. The van der Waals surface area contributed by atoms with Crippen LogP contribution in [0.15, 0.2) is 48.6 Å². The Kier molecular flexibility index (Phi) is 57.7. The fourth-order valence-corrected chi connectivity index (χ4v) is 9.16. The molecule has 0 saturated carbocycles. The van der Waals surface area contributed by atoms with Crippen molar-refractivity contribution in [1.82, 2.24) is 0 Å². The highest BCUT2D eigenvalue weighted by atomic mass is 16.6. The molecule has 0 aromatic rings. The lowest BCUT2D eigenvalue weighted by molar-refractivity contribution is -0.167. The Morgan fingerprint density at radius 1 is 0.296 bits per heavy atom. The normalized spacial score (nSPS) is 12.3. The summed E-state index contributed by atoms with van der Waals surface area (Å²) in [5.41, 5.74) is 0. The summed E-state index contributed by atoms with van der Waals surface area (Å²) in [6, 6.07) is 0. The Balaban J connectivity index is 4.35. The lowest BCUT2D eigenvalue weighted by Gasteiger charge is -2.18. The van der Waals surface area contributed by atoms with Crippen LogP contribution in [0.4, 0.5) is 0 Å². The van der Waals surface area contributed by atoms with E-state index in [9.17, 15) is 14.4 Å². The number of ether oxygens (including phenoxy) is 3. The molecule has 0 amide bonds. The summed E-state index contributed by atoms with van der Waals surface area (Å²) in [6.07, 6.45) is 73.9. The van der Waals surface area contributed by atoms with E-state index in [1.807, 2.05) is 0 Å². The number of allylic oxidation sites excluding steroid dienone is 8. The molecule has 0 aliphatic rings. The van der Waals surface area contributed by atoms with Gasteiger partial charge < -0.3 is 14.2 Å². The van der Waals surface area contributed by atoms with Crippen molar-refractivity contribution in [3.8, 4) is 0 Å². The first kappa shape index (κ1) is 68.4. The van der Waals surface area contributed by atoms with Crippen LogP contribution in [0.25, 0.3) is 0 Å². The minimum atomic E-state index is -0.779. The van der Waals surface area contributed by atoms with Crippen molar-refractivity contribution in [2.24, 2.45) is 0 Å². The molecule has 0 aliphatic carbocycles. The van der Waals surface area contributed by atoms with Crippen LogP contribution in [0, 0.1) is 0 Å². The largest absolute Gasteiger partial charge is 0.462 e. The first-order chi connectivity index (χ1) is 35.0. The smallest absolute Gasteiger partial charge is 0.306 e. The van der Waals surface area contributed by atoms with Crippen LogP contribution in [0.3, 0.4) is 0 Å². The minimum Gasteiger partial charge on any atom is -0.462 e. The van der Waals surface area contributed by atoms with Crippen molar-refractivity contribution in [2.45, 2.75) is 335 Å². The molecule has 6 heteroatoms.